The minimum absolute atomic E-state index is 0.0527. The van der Waals surface area contributed by atoms with Gasteiger partial charge in [-0.1, -0.05) is 0 Å². The molecule has 9 heteroatoms. The second-order valence-electron chi connectivity index (χ2n) is 5.51. The minimum atomic E-state index is -1.58. The minimum Gasteiger partial charge on any atom is -0.723 e. The van der Waals surface area contributed by atoms with Gasteiger partial charge < -0.3 is 25.8 Å². The first kappa shape index (κ1) is 17.8. The number of halogens is 1. The first-order valence-corrected chi connectivity index (χ1v) is 7.22. The molecular weight excluding hydrogens is 323 g/mol. The van der Waals surface area contributed by atoms with Crippen molar-refractivity contribution >= 4 is 12.3 Å². The van der Waals surface area contributed by atoms with E-state index in [1.54, 1.807) is 6.92 Å². The maximum Gasteiger partial charge on any atom is 0.329 e. The van der Waals surface area contributed by atoms with Crippen LogP contribution in [0.4, 0.5) is 4.39 Å². The van der Waals surface area contributed by atoms with Gasteiger partial charge in [-0.2, -0.15) is 8.97 Å². The number of carbonyl (C=O) groups is 1. The molecule has 0 saturated carbocycles. The van der Waals surface area contributed by atoms with Crippen molar-refractivity contribution < 1.29 is 39.3 Å². The summed E-state index contributed by atoms with van der Waals surface area (Å²) in [5.41, 5.74) is 1.58. The molecule has 2 rings (SSSR count). The summed E-state index contributed by atoms with van der Waals surface area (Å²) in [4.78, 5) is 17.7. The molecule has 1 heterocycles. The fourth-order valence-electron chi connectivity index (χ4n) is 2.71. The zero-order valence-electron chi connectivity index (χ0n) is 12.9. The van der Waals surface area contributed by atoms with Crippen LogP contribution in [0.25, 0.3) is 0 Å². The van der Waals surface area contributed by atoms with Gasteiger partial charge in [0.05, 0.1) is 12.5 Å². The van der Waals surface area contributed by atoms with Crippen molar-refractivity contribution in [3.8, 4) is 5.75 Å². The van der Waals surface area contributed by atoms with E-state index in [0.717, 1.165) is 6.29 Å². The molecule has 1 aromatic heterocycles. The summed E-state index contributed by atoms with van der Waals surface area (Å²) < 4.78 is 16.8. The van der Waals surface area contributed by atoms with Crippen LogP contribution < -0.4 is 20.8 Å². The lowest BCUT2D eigenvalue weighted by Gasteiger charge is -2.14. The first-order valence-electron chi connectivity index (χ1n) is 7.22. The van der Waals surface area contributed by atoms with E-state index < -0.39 is 12.0 Å². The number of aromatic nitrogens is 1. The number of carbonyl (C=O) groups excluding carboxylic acids is 2. The molecule has 0 unspecified atom stereocenters. The molecule has 1 atom stereocenters. The average molecular weight is 340 g/mol. The number of H-pyrrole nitrogens is 1. The summed E-state index contributed by atoms with van der Waals surface area (Å²) in [6, 6.07) is -1.58. The zero-order valence-corrected chi connectivity index (χ0v) is 12.9. The second-order valence-corrected chi connectivity index (χ2v) is 5.51. The molecular formula is C15H17FN2O6. The summed E-state index contributed by atoms with van der Waals surface area (Å²) in [7, 11) is 0. The predicted molar refractivity (Wildman–Crippen MR) is 73.0 cm³/mol. The summed E-state index contributed by atoms with van der Waals surface area (Å²) in [5.74, 6) is -0.460. The zero-order chi connectivity index (χ0) is 17.7. The van der Waals surface area contributed by atoms with E-state index in [1.807, 2.05) is 0 Å². The number of nitrogens with one attached hydrogen (secondary N) is 2. The smallest absolute Gasteiger partial charge is 0.329 e. The Labute approximate surface area is 136 Å². The van der Waals surface area contributed by atoms with Crippen molar-refractivity contribution in [1.82, 2.24) is 5.32 Å². The monoisotopic (exact) mass is 340 g/mol. The summed E-state index contributed by atoms with van der Waals surface area (Å²) in [6.07, 6.45) is 2.83. The molecule has 0 saturated heterocycles. The summed E-state index contributed by atoms with van der Waals surface area (Å²) in [6.45, 7) is 1.43. The lowest BCUT2D eigenvalue weighted by Crippen LogP contribution is -2.20. The van der Waals surface area contributed by atoms with E-state index >= 15 is 0 Å². The molecule has 8 nitrogen and oxygen atoms in total. The number of aromatic amines is 1. The second kappa shape index (κ2) is 7.84. The third-order valence-corrected chi connectivity index (χ3v) is 3.97. The highest BCUT2D eigenvalue weighted by molar-refractivity contribution is 5.89. The molecule has 0 amide bonds. The molecule has 0 aromatic carbocycles. The summed E-state index contributed by atoms with van der Waals surface area (Å²) in [5, 5.41) is 33.6. The van der Waals surface area contributed by atoms with Crippen LogP contribution in [0.15, 0.2) is 17.5 Å². The Balaban J connectivity index is 2.21. The van der Waals surface area contributed by atoms with Crippen LogP contribution in [-0.4, -0.2) is 17.4 Å². The number of aldehydes is 1. The molecule has 0 spiro atoms. The highest BCUT2D eigenvalue weighted by atomic mass is 19.1. The highest BCUT2D eigenvalue weighted by Crippen LogP contribution is 2.31. The molecule has 1 aliphatic rings. The van der Waals surface area contributed by atoms with Crippen LogP contribution in [0, 0.1) is 12.8 Å². The SMILES string of the molecule is Cc1[nH+]cc(CO[O-])c(CNC2=C(C(=O)F)C[C@H](C=[O+][O-])C2)c1O. The third-order valence-electron chi connectivity index (χ3n) is 3.97. The van der Waals surface area contributed by atoms with Crippen molar-refractivity contribution in [2.24, 2.45) is 5.92 Å². The van der Waals surface area contributed by atoms with Gasteiger partial charge >= 0.3 is 12.3 Å². The maximum atomic E-state index is 13.2. The molecule has 24 heavy (non-hydrogen) atoms. The van der Waals surface area contributed by atoms with Gasteiger partial charge in [-0.15, -0.1) is 0 Å². The van der Waals surface area contributed by atoms with E-state index in [1.165, 1.54) is 6.20 Å². The number of aromatic hydroxyl groups is 1. The Morgan fingerprint density at radius 2 is 2.38 bits per heavy atom. The van der Waals surface area contributed by atoms with E-state index in [4.69, 9.17) is 0 Å². The van der Waals surface area contributed by atoms with Crippen LogP contribution in [0.5, 0.6) is 5.75 Å². The summed E-state index contributed by atoms with van der Waals surface area (Å²) >= 11 is 0. The van der Waals surface area contributed by atoms with Gasteiger partial charge in [0.2, 0.25) is 5.69 Å². The van der Waals surface area contributed by atoms with Crippen LogP contribution in [0.2, 0.25) is 0 Å². The predicted octanol–water partition coefficient (Wildman–Crippen LogP) is -1.43. The maximum absolute atomic E-state index is 13.2. The Bertz CT molecular complexity index is 689. The number of hydrogen-bond donors (Lipinski definition) is 2. The van der Waals surface area contributed by atoms with E-state index in [-0.39, 0.29) is 37.3 Å². The number of aryl methyl sites for hydroxylation is 1. The van der Waals surface area contributed by atoms with Gasteiger partial charge in [-0.3, -0.25) is 4.79 Å². The molecule has 3 N–H and O–H groups in total. The molecule has 1 aliphatic carbocycles. The topological polar surface area (TPSA) is 130 Å². The van der Waals surface area contributed by atoms with Crippen molar-refractivity contribution in [3.05, 3.63) is 34.3 Å². The average Bonchev–Trinajstić information content (AvgIpc) is 2.94. The van der Waals surface area contributed by atoms with Gasteiger partial charge in [0.25, 0.3) is 0 Å². The van der Waals surface area contributed by atoms with Crippen LogP contribution in [0.1, 0.15) is 29.7 Å². The molecule has 0 fully saturated rings. The molecule has 0 radical (unpaired) electrons. The largest absolute Gasteiger partial charge is 0.723 e. The Morgan fingerprint density at radius 3 is 3.00 bits per heavy atom. The number of rotatable bonds is 7. The van der Waals surface area contributed by atoms with E-state index in [9.17, 15) is 24.8 Å². The molecule has 0 aliphatic heterocycles. The highest BCUT2D eigenvalue weighted by Gasteiger charge is 2.31. The number of hydrogen-bond acceptors (Lipinski definition) is 6. The van der Waals surface area contributed by atoms with Crippen molar-refractivity contribution in [1.29, 1.82) is 0 Å². The number of allylic oxidation sites excluding steroid dienone is 2. The van der Waals surface area contributed by atoms with E-state index in [2.05, 4.69) is 19.8 Å². The van der Waals surface area contributed by atoms with Crippen LogP contribution in [0.3, 0.4) is 0 Å². The van der Waals surface area contributed by atoms with Crippen LogP contribution in [-0.2, 0) is 27.4 Å². The quantitative estimate of drug-likeness (QED) is 0.206. The Kier molecular flexibility index (Phi) is 5.83. The first-order chi connectivity index (χ1) is 11.5. The lowest BCUT2D eigenvalue weighted by molar-refractivity contribution is -1.04. The van der Waals surface area contributed by atoms with E-state index in [0.29, 0.717) is 22.5 Å². The van der Waals surface area contributed by atoms with Crippen molar-refractivity contribution in [2.45, 2.75) is 32.9 Å². The Hall–Kier alpha value is -2.52. The Morgan fingerprint density at radius 1 is 1.62 bits per heavy atom. The lowest BCUT2D eigenvalue weighted by atomic mass is 10.1. The molecule has 130 valence electrons. The van der Waals surface area contributed by atoms with Gasteiger partial charge in [-0.05, 0) is 6.42 Å². The number of pyridine rings is 1. The fourth-order valence-corrected chi connectivity index (χ4v) is 2.71. The van der Waals surface area contributed by atoms with Gasteiger partial charge in [0, 0.05) is 42.3 Å². The standard InChI is InChI=1S/C15H17FN2O6/c1-8-14(19)12(10(4-17-8)7-24-22)5-18-13-3-9(6-23-21)2-11(13)15(16)20/h4,6,9,18-19,22H,2-3,5,7H2,1H3/t9-/m0/s1. The molecule has 0 bridgehead atoms. The van der Waals surface area contributed by atoms with Gasteiger partial charge in [0.1, 0.15) is 0 Å². The van der Waals surface area contributed by atoms with Gasteiger partial charge in [-0.25, -0.2) is 4.98 Å². The van der Waals surface area contributed by atoms with Crippen molar-refractivity contribution in [2.75, 3.05) is 0 Å². The normalized spacial score (nSPS) is 17.7. The fraction of sp³-hybridized carbons (Fsp3) is 0.400. The molecule has 1 aromatic rings. The van der Waals surface area contributed by atoms with Crippen LogP contribution >= 0.6 is 0 Å². The van der Waals surface area contributed by atoms with Gasteiger partial charge in [0.15, 0.2) is 11.9 Å². The van der Waals surface area contributed by atoms with Crippen molar-refractivity contribution in [3.63, 3.8) is 0 Å². The third kappa shape index (κ3) is 3.87.